The van der Waals surface area contributed by atoms with Gasteiger partial charge in [-0.25, -0.2) is 0 Å². The fourth-order valence-corrected chi connectivity index (χ4v) is 2.89. The predicted molar refractivity (Wildman–Crippen MR) is 105 cm³/mol. The zero-order valence-corrected chi connectivity index (χ0v) is 15.6. The zero-order chi connectivity index (χ0) is 18.4. The molecule has 134 valence electrons. The molecule has 0 atom stereocenters. The van der Waals surface area contributed by atoms with Crippen molar-refractivity contribution in [3.8, 4) is 5.75 Å². The second kappa shape index (κ2) is 8.69. The van der Waals surface area contributed by atoms with E-state index in [1.807, 2.05) is 24.3 Å². The molecule has 0 saturated carbocycles. The molecule has 8 heteroatoms. The first kappa shape index (κ1) is 18.2. The largest absolute Gasteiger partial charge is 0.497 e. The number of halogens is 2. The molecule has 2 aromatic carbocycles. The van der Waals surface area contributed by atoms with Crippen LogP contribution in [0.1, 0.15) is 5.56 Å². The van der Waals surface area contributed by atoms with Gasteiger partial charge in [0.1, 0.15) is 5.75 Å². The van der Waals surface area contributed by atoms with Crippen molar-refractivity contribution in [1.82, 2.24) is 15.2 Å². The summed E-state index contributed by atoms with van der Waals surface area (Å²) in [6.07, 6.45) is 2.34. The molecule has 0 aliphatic carbocycles. The maximum absolute atomic E-state index is 6.00. The van der Waals surface area contributed by atoms with Crippen molar-refractivity contribution in [2.24, 2.45) is 0 Å². The van der Waals surface area contributed by atoms with Crippen molar-refractivity contribution >= 4 is 40.7 Å². The molecule has 0 amide bonds. The number of ether oxygens (including phenoxy) is 1. The minimum absolute atomic E-state index is 0.436. The second-order valence-electron chi connectivity index (χ2n) is 5.48. The lowest BCUT2D eigenvalue weighted by Crippen LogP contribution is -2.09. The van der Waals surface area contributed by atoms with Gasteiger partial charge in [0.05, 0.1) is 13.3 Å². The van der Waals surface area contributed by atoms with E-state index >= 15 is 0 Å². The van der Waals surface area contributed by atoms with Gasteiger partial charge in [0.25, 0.3) is 0 Å². The van der Waals surface area contributed by atoms with E-state index in [1.165, 1.54) is 6.20 Å². The minimum atomic E-state index is 0.436. The van der Waals surface area contributed by atoms with Crippen molar-refractivity contribution in [3.63, 3.8) is 0 Å². The van der Waals surface area contributed by atoms with Crippen LogP contribution in [0.15, 0.2) is 48.7 Å². The van der Waals surface area contributed by atoms with E-state index in [1.54, 1.807) is 25.3 Å². The summed E-state index contributed by atoms with van der Waals surface area (Å²) in [5, 5.41) is 15.3. The first-order valence-corrected chi connectivity index (χ1v) is 8.67. The monoisotopic (exact) mass is 389 g/mol. The van der Waals surface area contributed by atoms with Crippen LogP contribution in [0.3, 0.4) is 0 Å². The third kappa shape index (κ3) is 5.21. The van der Waals surface area contributed by atoms with Crippen LogP contribution in [-0.2, 0) is 6.42 Å². The Bertz CT molecular complexity index is 871. The Hall–Kier alpha value is -2.57. The Morgan fingerprint density at radius 3 is 2.65 bits per heavy atom. The number of benzene rings is 2. The molecule has 0 aliphatic rings. The minimum Gasteiger partial charge on any atom is -0.497 e. The van der Waals surface area contributed by atoms with Gasteiger partial charge >= 0.3 is 0 Å². The van der Waals surface area contributed by atoms with E-state index in [-0.39, 0.29) is 0 Å². The number of nitrogens with zero attached hydrogens (tertiary/aromatic N) is 3. The van der Waals surface area contributed by atoms with Crippen LogP contribution < -0.4 is 15.4 Å². The highest BCUT2D eigenvalue weighted by Crippen LogP contribution is 2.24. The summed E-state index contributed by atoms with van der Waals surface area (Å²) in [5.41, 5.74) is 1.89. The summed E-state index contributed by atoms with van der Waals surface area (Å²) < 4.78 is 5.23. The third-order valence-electron chi connectivity index (χ3n) is 3.52. The van der Waals surface area contributed by atoms with E-state index in [0.717, 1.165) is 23.4 Å². The van der Waals surface area contributed by atoms with Gasteiger partial charge in [-0.15, -0.1) is 5.10 Å². The van der Waals surface area contributed by atoms with Gasteiger partial charge in [-0.2, -0.15) is 10.1 Å². The van der Waals surface area contributed by atoms with Crippen LogP contribution in [0.2, 0.25) is 10.0 Å². The van der Waals surface area contributed by atoms with Crippen LogP contribution >= 0.6 is 23.2 Å². The molecule has 0 saturated heterocycles. The molecule has 6 nitrogen and oxygen atoms in total. The molecule has 0 radical (unpaired) electrons. The first-order valence-electron chi connectivity index (χ1n) is 7.92. The Kier molecular flexibility index (Phi) is 6.09. The standard InChI is InChI=1S/C18H17Cl2N5O/c1-26-16-4-2-3-12(7-16)5-6-21-18-24-17(11-22-25-18)23-15-9-13(19)8-14(20)10-15/h2-4,7-11H,5-6H2,1H3,(H2,21,23,24,25). The lowest BCUT2D eigenvalue weighted by molar-refractivity contribution is 0.414. The highest BCUT2D eigenvalue weighted by molar-refractivity contribution is 6.35. The molecule has 3 rings (SSSR count). The molecular weight excluding hydrogens is 373 g/mol. The summed E-state index contributed by atoms with van der Waals surface area (Å²) in [7, 11) is 1.66. The highest BCUT2D eigenvalue weighted by atomic mass is 35.5. The van der Waals surface area contributed by atoms with E-state index in [9.17, 15) is 0 Å². The molecular formula is C18H17Cl2N5O. The van der Waals surface area contributed by atoms with Gasteiger partial charge in [0, 0.05) is 22.3 Å². The summed E-state index contributed by atoms with van der Waals surface area (Å²) in [6.45, 7) is 0.668. The smallest absolute Gasteiger partial charge is 0.244 e. The van der Waals surface area contributed by atoms with Crippen molar-refractivity contribution in [2.75, 3.05) is 24.3 Å². The van der Waals surface area contributed by atoms with Gasteiger partial charge in [0.15, 0.2) is 5.82 Å². The van der Waals surface area contributed by atoms with Crippen molar-refractivity contribution < 1.29 is 4.74 Å². The van der Waals surface area contributed by atoms with Crippen LogP contribution in [0.25, 0.3) is 0 Å². The van der Waals surface area contributed by atoms with Crippen molar-refractivity contribution in [1.29, 1.82) is 0 Å². The Morgan fingerprint density at radius 1 is 1.08 bits per heavy atom. The molecule has 26 heavy (non-hydrogen) atoms. The average Bonchev–Trinajstić information content (AvgIpc) is 2.61. The second-order valence-corrected chi connectivity index (χ2v) is 6.35. The molecule has 2 N–H and O–H groups in total. The highest BCUT2D eigenvalue weighted by Gasteiger charge is 2.04. The average molecular weight is 390 g/mol. The fraction of sp³-hybridized carbons (Fsp3) is 0.167. The number of hydrogen-bond acceptors (Lipinski definition) is 6. The number of rotatable bonds is 7. The zero-order valence-electron chi connectivity index (χ0n) is 14.0. The number of aromatic nitrogens is 3. The predicted octanol–water partition coefficient (Wildman–Crippen LogP) is 4.59. The van der Waals surface area contributed by atoms with Gasteiger partial charge in [-0.05, 0) is 42.3 Å². The third-order valence-corrected chi connectivity index (χ3v) is 3.96. The number of nitrogens with one attached hydrogen (secondary N) is 2. The van der Waals surface area contributed by atoms with Gasteiger partial charge < -0.3 is 15.4 Å². The Balaban J connectivity index is 1.60. The van der Waals surface area contributed by atoms with Crippen LogP contribution in [0.5, 0.6) is 5.75 Å². The molecule has 0 spiro atoms. The maximum atomic E-state index is 6.00. The van der Waals surface area contributed by atoms with Crippen molar-refractivity contribution in [3.05, 3.63) is 64.3 Å². The van der Waals surface area contributed by atoms with Gasteiger partial charge in [-0.3, -0.25) is 0 Å². The summed E-state index contributed by atoms with van der Waals surface area (Å²) in [5.74, 6) is 1.82. The molecule has 0 unspecified atom stereocenters. The number of hydrogen-bond donors (Lipinski definition) is 2. The normalized spacial score (nSPS) is 10.4. The lowest BCUT2D eigenvalue weighted by atomic mass is 10.1. The van der Waals surface area contributed by atoms with Crippen LogP contribution in [-0.4, -0.2) is 28.8 Å². The molecule has 1 aromatic heterocycles. The van der Waals surface area contributed by atoms with E-state index in [4.69, 9.17) is 27.9 Å². The van der Waals surface area contributed by atoms with Gasteiger partial charge in [0.2, 0.25) is 5.95 Å². The van der Waals surface area contributed by atoms with Crippen molar-refractivity contribution in [2.45, 2.75) is 6.42 Å². The summed E-state index contributed by atoms with van der Waals surface area (Å²) in [4.78, 5) is 4.39. The number of methoxy groups -OCH3 is 1. The molecule has 0 bridgehead atoms. The summed E-state index contributed by atoms with van der Waals surface area (Å²) >= 11 is 12.0. The molecule has 3 aromatic rings. The SMILES string of the molecule is COc1cccc(CCNc2nncc(Nc3cc(Cl)cc(Cl)c3)n2)c1. The topological polar surface area (TPSA) is 72.0 Å². The fourth-order valence-electron chi connectivity index (χ4n) is 2.36. The van der Waals surface area contributed by atoms with E-state index < -0.39 is 0 Å². The number of anilines is 3. The van der Waals surface area contributed by atoms with Crippen LogP contribution in [0, 0.1) is 0 Å². The maximum Gasteiger partial charge on any atom is 0.244 e. The first-order chi connectivity index (χ1) is 12.6. The van der Waals surface area contributed by atoms with Gasteiger partial charge in [-0.1, -0.05) is 35.3 Å². The lowest BCUT2D eigenvalue weighted by Gasteiger charge is -2.09. The van der Waals surface area contributed by atoms with Crippen LogP contribution in [0.4, 0.5) is 17.5 Å². The van der Waals surface area contributed by atoms with E-state index in [0.29, 0.717) is 28.4 Å². The molecule has 1 heterocycles. The Labute approximate surface area is 161 Å². The molecule has 0 aliphatic heterocycles. The Morgan fingerprint density at radius 2 is 1.88 bits per heavy atom. The summed E-state index contributed by atoms with van der Waals surface area (Å²) in [6, 6.07) is 13.1. The molecule has 0 fully saturated rings. The van der Waals surface area contributed by atoms with E-state index in [2.05, 4.69) is 25.8 Å². The quantitative estimate of drug-likeness (QED) is 0.615.